The molecule has 58 heavy (non-hydrogen) atoms. The average molecular weight is 816 g/mol. The maximum Gasteiger partial charge on any atom is 0.0716 e. The van der Waals surface area contributed by atoms with E-state index < -0.39 is 0 Å². The molecule has 1 aromatic rings. The Morgan fingerprint density at radius 3 is 1.78 bits per heavy atom. The Balaban J connectivity index is 1.57. The zero-order valence-electron chi connectivity index (χ0n) is 41.1. The first-order chi connectivity index (χ1) is 26.8. The number of hydrogen-bond donors (Lipinski definition) is 3. The van der Waals surface area contributed by atoms with Crippen LogP contribution >= 0.6 is 0 Å². The monoisotopic (exact) mass is 816 g/mol. The van der Waals surface area contributed by atoms with Gasteiger partial charge in [-0.2, -0.15) is 0 Å². The van der Waals surface area contributed by atoms with E-state index in [1.807, 2.05) is 0 Å². The Morgan fingerprint density at radius 1 is 0.586 bits per heavy atom. The van der Waals surface area contributed by atoms with Crippen LogP contribution in [0, 0.1) is 16.2 Å². The molecule has 3 N–H and O–H groups in total. The first-order valence-corrected chi connectivity index (χ1v) is 23.4. The van der Waals surface area contributed by atoms with Crippen molar-refractivity contribution in [3.05, 3.63) is 35.4 Å². The van der Waals surface area contributed by atoms with Gasteiger partial charge >= 0.3 is 0 Å². The van der Waals surface area contributed by atoms with E-state index in [0.717, 1.165) is 91.1 Å². The Bertz CT molecular complexity index is 1220. The Kier molecular flexibility index (Phi) is 23.0. The molecule has 8 heteroatoms. The quantitative estimate of drug-likeness (QED) is 0.0692. The van der Waals surface area contributed by atoms with Crippen LogP contribution in [0.5, 0.6) is 0 Å². The lowest BCUT2D eigenvalue weighted by Gasteiger charge is -2.38. The number of rotatable bonds is 29. The second-order valence-corrected chi connectivity index (χ2v) is 23.1. The van der Waals surface area contributed by atoms with Gasteiger partial charge in [-0.15, -0.1) is 0 Å². The van der Waals surface area contributed by atoms with Crippen molar-refractivity contribution in [2.24, 2.45) is 16.2 Å². The van der Waals surface area contributed by atoms with E-state index in [1.54, 1.807) is 0 Å². The molecule has 1 fully saturated rings. The summed E-state index contributed by atoms with van der Waals surface area (Å²) in [6.45, 7) is 48.5. The van der Waals surface area contributed by atoms with Crippen molar-refractivity contribution in [3.8, 4) is 0 Å². The van der Waals surface area contributed by atoms with Gasteiger partial charge in [-0.25, -0.2) is 0 Å². The van der Waals surface area contributed by atoms with Crippen LogP contribution in [0.4, 0.5) is 0 Å². The minimum atomic E-state index is 0.104. The van der Waals surface area contributed by atoms with Crippen LogP contribution in [0.25, 0.3) is 0 Å². The van der Waals surface area contributed by atoms with Crippen molar-refractivity contribution in [3.63, 3.8) is 0 Å². The zero-order chi connectivity index (χ0) is 43.5. The maximum absolute atomic E-state index is 6.47. The highest BCUT2D eigenvalue weighted by atomic mass is 16.5. The standard InChI is InChI=1S/C50H97N5O3/c1-45(2,3)40-42-19-16-20-43(39-42)41-57-35-17-26-52-49(12,13)23-24-50(14,15)53-27-30-55-33-31-54(32-34-55)29-25-48(10,11)22-21-44(46(4,5)6)58-37-18-36-56-38-28-51-47(7,8)9/h16,19-20,39,44,51-53H,17-18,21-38,40-41H2,1-15H3/t44-/m1/s1. The van der Waals surface area contributed by atoms with Crippen LogP contribution in [0.2, 0.25) is 0 Å². The van der Waals surface area contributed by atoms with Crippen molar-refractivity contribution in [1.29, 1.82) is 0 Å². The third-order valence-corrected chi connectivity index (χ3v) is 11.7. The van der Waals surface area contributed by atoms with Gasteiger partial charge in [0, 0.05) is 82.3 Å². The predicted molar refractivity (Wildman–Crippen MR) is 250 cm³/mol. The van der Waals surface area contributed by atoms with E-state index in [0.29, 0.717) is 17.4 Å². The summed E-state index contributed by atoms with van der Waals surface area (Å²) in [4.78, 5) is 5.35. The van der Waals surface area contributed by atoms with Gasteiger partial charge in [0.1, 0.15) is 0 Å². The molecule has 340 valence electrons. The molecule has 0 bridgehead atoms. The van der Waals surface area contributed by atoms with Gasteiger partial charge in [-0.05, 0) is 140 Å². The Hall–Kier alpha value is -1.10. The minimum absolute atomic E-state index is 0.104. The SMILES string of the molecule is CC(C)(C)Cc1cccc(COCCCNC(C)(C)CCC(C)(C)NCCN2CCN(CCC(C)(C)CC[C@@H](OCCCOCCNC(C)(C)C)C(C)(C)C)CC2)c1. The van der Waals surface area contributed by atoms with Gasteiger partial charge in [-0.3, -0.25) is 4.90 Å². The second kappa shape index (κ2) is 25.1. The Labute approximate surface area is 360 Å². The van der Waals surface area contributed by atoms with Crippen molar-refractivity contribution in [2.75, 3.05) is 85.3 Å². The summed E-state index contributed by atoms with van der Waals surface area (Å²) < 4.78 is 18.4. The summed E-state index contributed by atoms with van der Waals surface area (Å²) in [7, 11) is 0. The molecule has 0 aliphatic carbocycles. The van der Waals surface area contributed by atoms with Gasteiger partial charge in [0.05, 0.1) is 19.3 Å². The van der Waals surface area contributed by atoms with Crippen molar-refractivity contribution in [1.82, 2.24) is 25.8 Å². The fraction of sp³-hybridized carbons (Fsp3) is 0.880. The van der Waals surface area contributed by atoms with E-state index in [2.05, 4.69) is 154 Å². The second-order valence-electron chi connectivity index (χ2n) is 23.1. The predicted octanol–water partition coefficient (Wildman–Crippen LogP) is 9.74. The zero-order valence-corrected chi connectivity index (χ0v) is 41.1. The van der Waals surface area contributed by atoms with Crippen molar-refractivity contribution in [2.45, 2.75) is 185 Å². The van der Waals surface area contributed by atoms with Gasteiger partial charge in [0.2, 0.25) is 0 Å². The molecule has 0 amide bonds. The van der Waals surface area contributed by atoms with Crippen molar-refractivity contribution >= 4 is 0 Å². The topological polar surface area (TPSA) is 70.3 Å². The summed E-state index contributed by atoms with van der Waals surface area (Å²) in [5.74, 6) is 0. The molecular weight excluding hydrogens is 719 g/mol. The molecule has 0 spiro atoms. The number of hydrogen-bond acceptors (Lipinski definition) is 8. The molecule has 2 rings (SSSR count). The van der Waals surface area contributed by atoms with E-state index in [1.165, 1.54) is 56.7 Å². The highest BCUT2D eigenvalue weighted by molar-refractivity contribution is 5.23. The Morgan fingerprint density at radius 2 is 1.17 bits per heavy atom. The first-order valence-electron chi connectivity index (χ1n) is 23.4. The van der Waals surface area contributed by atoms with E-state index in [9.17, 15) is 0 Å². The molecular formula is C50H97N5O3. The lowest BCUT2D eigenvalue weighted by molar-refractivity contribution is -0.0369. The molecule has 1 atom stereocenters. The van der Waals surface area contributed by atoms with Crippen molar-refractivity contribution < 1.29 is 14.2 Å². The van der Waals surface area contributed by atoms with Crippen LogP contribution in [-0.2, 0) is 27.2 Å². The van der Waals surface area contributed by atoms with Gasteiger partial charge in [0.15, 0.2) is 0 Å². The fourth-order valence-corrected chi connectivity index (χ4v) is 7.68. The molecule has 1 heterocycles. The summed E-state index contributed by atoms with van der Waals surface area (Å²) in [6, 6.07) is 8.89. The van der Waals surface area contributed by atoms with Gasteiger partial charge in [0.25, 0.3) is 0 Å². The van der Waals surface area contributed by atoms with Crippen LogP contribution < -0.4 is 16.0 Å². The average Bonchev–Trinajstić information content (AvgIpc) is 3.09. The largest absolute Gasteiger partial charge is 0.380 e. The maximum atomic E-state index is 6.47. The molecule has 0 radical (unpaired) electrons. The highest BCUT2D eigenvalue weighted by Crippen LogP contribution is 2.33. The van der Waals surface area contributed by atoms with E-state index in [4.69, 9.17) is 14.2 Å². The summed E-state index contributed by atoms with van der Waals surface area (Å²) >= 11 is 0. The van der Waals surface area contributed by atoms with E-state index >= 15 is 0 Å². The van der Waals surface area contributed by atoms with E-state index in [-0.39, 0.29) is 28.1 Å². The summed E-state index contributed by atoms with van der Waals surface area (Å²) in [5, 5.41) is 11.2. The van der Waals surface area contributed by atoms with Crippen LogP contribution in [0.3, 0.4) is 0 Å². The van der Waals surface area contributed by atoms with Gasteiger partial charge in [-0.1, -0.05) is 79.7 Å². The lowest BCUT2D eigenvalue weighted by atomic mass is 9.78. The highest BCUT2D eigenvalue weighted by Gasteiger charge is 2.29. The molecule has 0 aromatic heterocycles. The van der Waals surface area contributed by atoms with Crippen LogP contribution in [-0.4, -0.2) is 118 Å². The number of piperazine rings is 1. The third kappa shape index (κ3) is 26.3. The molecule has 1 aromatic carbocycles. The number of benzene rings is 1. The molecule has 8 nitrogen and oxygen atoms in total. The molecule has 1 aliphatic rings. The first kappa shape index (κ1) is 53.0. The molecule has 0 unspecified atom stereocenters. The number of ether oxygens (including phenoxy) is 3. The summed E-state index contributed by atoms with van der Waals surface area (Å²) in [6.07, 6.45) is 9.17. The smallest absolute Gasteiger partial charge is 0.0716 e. The molecule has 0 saturated carbocycles. The molecule has 1 aliphatic heterocycles. The van der Waals surface area contributed by atoms with Crippen LogP contribution in [0.15, 0.2) is 24.3 Å². The normalized spacial score (nSPS) is 16.3. The number of nitrogens with zero attached hydrogens (tertiary/aromatic N) is 2. The fourth-order valence-electron chi connectivity index (χ4n) is 7.68. The number of nitrogens with one attached hydrogen (secondary N) is 3. The molecule has 1 saturated heterocycles. The van der Waals surface area contributed by atoms with Crippen LogP contribution in [0.1, 0.15) is 160 Å². The minimum Gasteiger partial charge on any atom is -0.380 e. The summed E-state index contributed by atoms with van der Waals surface area (Å²) in [5.41, 5.74) is 3.78. The van der Waals surface area contributed by atoms with Gasteiger partial charge < -0.3 is 35.1 Å². The third-order valence-electron chi connectivity index (χ3n) is 11.7. The lowest BCUT2D eigenvalue weighted by Crippen LogP contribution is -2.51.